The molecule has 5 heteroatoms. The molecule has 1 fully saturated rings. The van der Waals surface area contributed by atoms with Crippen molar-refractivity contribution in [2.75, 3.05) is 6.61 Å². The van der Waals surface area contributed by atoms with Crippen molar-refractivity contribution in [2.24, 2.45) is 5.73 Å². The summed E-state index contributed by atoms with van der Waals surface area (Å²) >= 11 is 1.90. The van der Waals surface area contributed by atoms with Crippen LogP contribution in [0.5, 0.6) is 0 Å². The Hall–Kier alpha value is -1.07. The normalized spacial score (nSPS) is 23.8. The van der Waals surface area contributed by atoms with Gasteiger partial charge in [0.15, 0.2) is 0 Å². The molecule has 1 aliphatic heterocycles. The predicted molar refractivity (Wildman–Crippen MR) is 70.4 cm³/mol. The summed E-state index contributed by atoms with van der Waals surface area (Å²) in [5.41, 5.74) is 7.13. The van der Waals surface area contributed by atoms with Crippen molar-refractivity contribution in [3.63, 3.8) is 0 Å². The minimum Gasteiger partial charge on any atom is -0.382 e. The van der Waals surface area contributed by atoms with Crippen molar-refractivity contribution in [1.29, 1.82) is 5.41 Å². The van der Waals surface area contributed by atoms with Gasteiger partial charge in [0.05, 0.1) is 6.10 Å². The zero-order valence-corrected chi connectivity index (χ0v) is 10.7. The van der Waals surface area contributed by atoms with E-state index in [2.05, 4.69) is 11.9 Å². The molecule has 3 N–H and O–H groups in total. The molecule has 0 spiro atoms. The summed E-state index contributed by atoms with van der Waals surface area (Å²) in [6.45, 7) is 2.99. The van der Waals surface area contributed by atoms with Crippen LogP contribution in [0.1, 0.15) is 24.6 Å². The molecule has 1 saturated heterocycles. The fourth-order valence-electron chi connectivity index (χ4n) is 1.85. The van der Waals surface area contributed by atoms with Crippen LogP contribution in [-0.2, 0) is 10.5 Å². The predicted octanol–water partition coefficient (Wildman–Crippen LogP) is 1.78. The zero-order chi connectivity index (χ0) is 12.3. The number of amidine groups is 1. The zero-order valence-electron chi connectivity index (χ0n) is 9.85. The Morgan fingerprint density at radius 3 is 3.18 bits per heavy atom. The van der Waals surface area contributed by atoms with E-state index in [1.54, 1.807) is 6.20 Å². The van der Waals surface area contributed by atoms with Gasteiger partial charge in [-0.2, -0.15) is 11.8 Å². The number of thioether (sulfide) groups is 1. The Kier molecular flexibility index (Phi) is 4.02. The summed E-state index contributed by atoms with van der Waals surface area (Å²) in [4.78, 5) is 4.05. The molecule has 2 rings (SSSR count). The Bertz CT molecular complexity index is 410. The smallest absolute Gasteiger partial charge is 0.141 e. The van der Waals surface area contributed by atoms with Gasteiger partial charge in [0, 0.05) is 23.8 Å². The molecule has 0 aromatic carbocycles. The van der Waals surface area contributed by atoms with Crippen molar-refractivity contribution in [3.8, 4) is 0 Å². The quantitative estimate of drug-likeness (QED) is 0.632. The highest BCUT2D eigenvalue weighted by molar-refractivity contribution is 7.99. The number of nitrogens with one attached hydrogen (secondary N) is 1. The van der Waals surface area contributed by atoms with Crippen molar-refractivity contribution < 1.29 is 4.74 Å². The molecular weight excluding hydrogens is 234 g/mol. The van der Waals surface area contributed by atoms with Crippen LogP contribution >= 0.6 is 11.8 Å². The fourth-order valence-corrected chi connectivity index (χ4v) is 3.04. The number of nitrogen functional groups attached to an aromatic ring is 1. The summed E-state index contributed by atoms with van der Waals surface area (Å²) in [6.07, 6.45) is 3.17. The van der Waals surface area contributed by atoms with Gasteiger partial charge in [0.1, 0.15) is 11.5 Å². The van der Waals surface area contributed by atoms with Gasteiger partial charge >= 0.3 is 0 Å². The largest absolute Gasteiger partial charge is 0.382 e. The monoisotopic (exact) mass is 251 g/mol. The first-order valence-corrected chi connectivity index (χ1v) is 6.74. The van der Waals surface area contributed by atoms with Crippen molar-refractivity contribution in [2.45, 2.75) is 30.5 Å². The minimum atomic E-state index is 0.0226. The molecule has 17 heavy (non-hydrogen) atoms. The van der Waals surface area contributed by atoms with Gasteiger partial charge in [0.25, 0.3) is 0 Å². The maximum Gasteiger partial charge on any atom is 0.141 e. The van der Waals surface area contributed by atoms with Crippen LogP contribution in [0.2, 0.25) is 0 Å². The maximum absolute atomic E-state index is 7.35. The second-order valence-corrected chi connectivity index (χ2v) is 5.40. The van der Waals surface area contributed by atoms with Crippen molar-refractivity contribution >= 4 is 17.6 Å². The maximum atomic E-state index is 7.35. The molecule has 2 heterocycles. The Balaban J connectivity index is 1.94. The van der Waals surface area contributed by atoms with Gasteiger partial charge in [-0.1, -0.05) is 0 Å². The first-order chi connectivity index (χ1) is 8.16. The molecule has 0 amide bonds. The lowest BCUT2D eigenvalue weighted by Gasteiger charge is -2.13. The van der Waals surface area contributed by atoms with Crippen LogP contribution in [0, 0.1) is 5.41 Å². The molecule has 1 aliphatic rings. The molecule has 0 saturated carbocycles. The van der Waals surface area contributed by atoms with E-state index in [-0.39, 0.29) is 5.84 Å². The van der Waals surface area contributed by atoms with Gasteiger partial charge in [-0.3, -0.25) is 10.4 Å². The summed E-state index contributed by atoms with van der Waals surface area (Å²) in [5, 5.41) is 7.92. The van der Waals surface area contributed by atoms with E-state index in [9.17, 15) is 0 Å². The first-order valence-electron chi connectivity index (χ1n) is 5.69. The number of aromatic nitrogens is 1. The third kappa shape index (κ3) is 3.20. The van der Waals surface area contributed by atoms with E-state index < -0.39 is 0 Å². The third-order valence-electron chi connectivity index (χ3n) is 2.87. The molecule has 92 valence electrons. The molecular formula is C12H17N3OS. The van der Waals surface area contributed by atoms with Crippen LogP contribution in [0.4, 0.5) is 0 Å². The van der Waals surface area contributed by atoms with Gasteiger partial charge in [-0.15, -0.1) is 0 Å². The van der Waals surface area contributed by atoms with Crippen LogP contribution in [0.3, 0.4) is 0 Å². The molecule has 0 radical (unpaired) electrons. The highest BCUT2D eigenvalue weighted by atomic mass is 32.2. The van der Waals surface area contributed by atoms with Gasteiger partial charge in [0.2, 0.25) is 0 Å². The average molecular weight is 251 g/mol. The summed E-state index contributed by atoms with van der Waals surface area (Å²) < 4.78 is 5.53. The molecule has 1 aromatic heterocycles. The number of rotatable bonds is 4. The summed E-state index contributed by atoms with van der Waals surface area (Å²) in [7, 11) is 0. The van der Waals surface area contributed by atoms with Crippen LogP contribution in [0.25, 0.3) is 0 Å². The van der Waals surface area contributed by atoms with E-state index in [0.717, 1.165) is 24.3 Å². The molecule has 0 bridgehead atoms. The molecule has 4 nitrogen and oxygen atoms in total. The van der Waals surface area contributed by atoms with E-state index in [4.69, 9.17) is 15.9 Å². The van der Waals surface area contributed by atoms with Gasteiger partial charge in [-0.25, -0.2) is 0 Å². The lowest BCUT2D eigenvalue weighted by molar-refractivity contribution is 0.127. The van der Waals surface area contributed by atoms with E-state index in [1.165, 1.54) is 0 Å². The minimum absolute atomic E-state index is 0.0226. The SMILES string of the molecule is CC1OCCC1SCc1ccnc(C(=N)N)c1. The van der Waals surface area contributed by atoms with E-state index in [0.29, 0.717) is 17.0 Å². The van der Waals surface area contributed by atoms with E-state index >= 15 is 0 Å². The third-order valence-corrected chi connectivity index (χ3v) is 4.42. The topological polar surface area (TPSA) is 72.0 Å². The lowest BCUT2D eigenvalue weighted by Crippen LogP contribution is -2.14. The van der Waals surface area contributed by atoms with E-state index in [1.807, 2.05) is 23.9 Å². The summed E-state index contributed by atoms with van der Waals surface area (Å²) in [6, 6.07) is 3.86. The van der Waals surface area contributed by atoms with Gasteiger partial charge in [-0.05, 0) is 31.0 Å². The van der Waals surface area contributed by atoms with Gasteiger partial charge < -0.3 is 10.5 Å². The fraction of sp³-hybridized carbons (Fsp3) is 0.500. The number of hydrogen-bond donors (Lipinski definition) is 2. The molecule has 2 unspecified atom stereocenters. The highest BCUT2D eigenvalue weighted by Gasteiger charge is 2.24. The summed E-state index contributed by atoms with van der Waals surface area (Å²) in [5.74, 6) is 0.940. The number of nitrogens with zero attached hydrogens (tertiary/aromatic N) is 1. The second kappa shape index (κ2) is 5.51. The van der Waals surface area contributed by atoms with Crippen LogP contribution in [-0.4, -0.2) is 28.8 Å². The first kappa shape index (κ1) is 12.4. The van der Waals surface area contributed by atoms with Crippen molar-refractivity contribution in [1.82, 2.24) is 4.98 Å². The van der Waals surface area contributed by atoms with Crippen molar-refractivity contribution in [3.05, 3.63) is 29.6 Å². The number of nitrogens with two attached hydrogens (primary N) is 1. The number of ether oxygens (including phenoxy) is 1. The molecule has 0 aliphatic carbocycles. The Morgan fingerprint density at radius 1 is 1.71 bits per heavy atom. The number of pyridine rings is 1. The highest BCUT2D eigenvalue weighted by Crippen LogP contribution is 2.28. The second-order valence-electron chi connectivity index (χ2n) is 4.18. The van der Waals surface area contributed by atoms with Crippen LogP contribution in [0.15, 0.2) is 18.3 Å². The van der Waals surface area contributed by atoms with Crippen LogP contribution < -0.4 is 5.73 Å². The average Bonchev–Trinajstić information content (AvgIpc) is 2.72. The Morgan fingerprint density at radius 2 is 2.53 bits per heavy atom. The Labute approximate surface area is 105 Å². The molecule has 1 aromatic rings. The molecule has 2 atom stereocenters. The standard InChI is InChI=1S/C12H17N3OS/c1-8-11(3-5-16-8)17-7-9-2-4-15-10(6-9)12(13)14/h2,4,6,8,11H,3,5,7H2,1H3,(H3,13,14). The number of hydrogen-bond acceptors (Lipinski definition) is 4. The lowest BCUT2D eigenvalue weighted by atomic mass is 10.2.